The lowest BCUT2D eigenvalue weighted by Gasteiger charge is -2.31. The van der Waals surface area contributed by atoms with Crippen LogP contribution < -0.4 is 26.8 Å². The van der Waals surface area contributed by atoms with E-state index in [1.807, 2.05) is 38.1 Å². The second-order valence-electron chi connectivity index (χ2n) is 8.93. The zero-order chi connectivity index (χ0) is 22.5. The zero-order valence-corrected chi connectivity index (χ0v) is 19.0. The standard InChI is InChI=1S/C24H26ClN3O3/c1-6-15-18-13(11-26-15)14(25)8-9-16(18)27-19-20(22(30)21(19)29)28-23(24(3,4)5)17-10-7-12(2)31-17/h6-10,23,26-28H,11H2,1-5H3/b15-6+/t23-/m0/s1. The Morgan fingerprint density at radius 3 is 2.45 bits per heavy atom. The number of hydrogen-bond acceptors (Lipinski definition) is 6. The van der Waals surface area contributed by atoms with Gasteiger partial charge in [-0.25, -0.2) is 0 Å². The summed E-state index contributed by atoms with van der Waals surface area (Å²) < 4.78 is 5.83. The predicted molar refractivity (Wildman–Crippen MR) is 126 cm³/mol. The molecule has 31 heavy (non-hydrogen) atoms. The Morgan fingerprint density at radius 2 is 1.84 bits per heavy atom. The van der Waals surface area contributed by atoms with Crippen LogP contribution in [0.15, 0.2) is 44.3 Å². The summed E-state index contributed by atoms with van der Waals surface area (Å²) in [5.74, 6) is 1.51. The van der Waals surface area contributed by atoms with Crippen LogP contribution in [0.2, 0.25) is 5.02 Å². The quantitative estimate of drug-likeness (QED) is 0.471. The van der Waals surface area contributed by atoms with Gasteiger partial charge in [-0.05, 0) is 43.5 Å². The van der Waals surface area contributed by atoms with Crippen LogP contribution in [-0.2, 0) is 6.54 Å². The average Bonchev–Trinajstić information content (AvgIpc) is 3.34. The van der Waals surface area contributed by atoms with Crippen LogP contribution in [0.25, 0.3) is 5.70 Å². The molecule has 4 rings (SSSR count). The summed E-state index contributed by atoms with van der Waals surface area (Å²) in [7, 11) is 0. The normalized spacial score (nSPS) is 15.7. The van der Waals surface area contributed by atoms with Crippen molar-refractivity contribution in [2.45, 2.75) is 47.2 Å². The fourth-order valence-corrected chi connectivity index (χ4v) is 4.20. The first-order chi connectivity index (χ1) is 14.6. The van der Waals surface area contributed by atoms with E-state index in [1.165, 1.54) is 0 Å². The van der Waals surface area contributed by atoms with Gasteiger partial charge in [-0.15, -0.1) is 0 Å². The third kappa shape index (κ3) is 3.65. The molecule has 0 radical (unpaired) electrons. The van der Waals surface area contributed by atoms with Gasteiger partial charge in [0.25, 0.3) is 10.9 Å². The maximum Gasteiger partial charge on any atom is 0.253 e. The predicted octanol–water partition coefficient (Wildman–Crippen LogP) is 5.24. The van der Waals surface area contributed by atoms with Crippen molar-refractivity contribution in [3.8, 4) is 0 Å². The van der Waals surface area contributed by atoms with Crippen molar-refractivity contribution in [3.63, 3.8) is 0 Å². The van der Waals surface area contributed by atoms with Gasteiger partial charge < -0.3 is 20.4 Å². The fourth-order valence-electron chi connectivity index (χ4n) is 3.98. The molecule has 3 aromatic rings. The Kier molecular flexibility index (Phi) is 5.21. The number of hydrogen-bond donors (Lipinski definition) is 3. The van der Waals surface area contributed by atoms with Crippen LogP contribution >= 0.6 is 11.6 Å². The largest absolute Gasteiger partial charge is 0.464 e. The minimum absolute atomic E-state index is 0.259. The summed E-state index contributed by atoms with van der Waals surface area (Å²) in [6.45, 7) is 10.6. The molecule has 7 heteroatoms. The highest BCUT2D eigenvalue weighted by molar-refractivity contribution is 6.32. The van der Waals surface area contributed by atoms with Crippen molar-refractivity contribution < 1.29 is 4.42 Å². The lowest BCUT2D eigenvalue weighted by Crippen LogP contribution is -2.39. The Morgan fingerprint density at radius 1 is 1.13 bits per heavy atom. The molecule has 0 bridgehead atoms. The molecule has 0 saturated carbocycles. The first kappa shape index (κ1) is 21.2. The third-order valence-electron chi connectivity index (χ3n) is 5.64. The van der Waals surface area contributed by atoms with E-state index in [2.05, 4.69) is 36.7 Å². The van der Waals surface area contributed by atoms with Crippen LogP contribution in [0.4, 0.5) is 17.1 Å². The molecule has 2 aromatic carbocycles. The zero-order valence-electron chi connectivity index (χ0n) is 18.3. The number of furan rings is 1. The van der Waals surface area contributed by atoms with Gasteiger partial charge in [-0.3, -0.25) is 9.59 Å². The van der Waals surface area contributed by atoms with Gasteiger partial charge in [0.05, 0.1) is 6.04 Å². The maximum absolute atomic E-state index is 12.5. The summed E-state index contributed by atoms with van der Waals surface area (Å²) in [6.07, 6.45) is 1.96. The Labute approximate surface area is 186 Å². The molecular weight excluding hydrogens is 414 g/mol. The van der Waals surface area contributed by atoms with Crippen LogP contribution in [-0.4, -0.2) is 0 Å². The van der Waals surface area contributed by atoms with E-state index >= 15 is 0 Å². The number of allylic oxidation sites excluding steroid dienone is 1. The maximum atomic E-state index is 12.5. The summed E-state index contributed by atoms with van der Waals surface area (Å²) in [4.78, 5) is 25.0. The van der Waals surface area contributed by atoms with Crippen molar-refractivity contribution in [2.24, 2.45) is 5.41 Å². The number of benzene rings is 1. The van der Waals surface area contributed by atoms with Crippen molar-refractivity contribution in [1.29, 1.82) is 0 Å². The first-order valence-electron chi connectivity index (χ1n) is 10.3. The van der Waals surface area contributed by atoms with Gasteiger partial charge in [0.15, 0.2) is 0 Å². The monoisotopic (exact) mass is 439 g/mol. The molecule has 6 nitrogen and oxygen atoms in total. The summed E-state index contributed by atoms with van der Waals surface area (Å²) in [5, 5.41) is 10.4. The molecule has 0 saturated heterocycles. The van der Waals surface area contributed by atoms with Crippen molar-refractivity contribution in [2.75, 3.05) is 10.6 Å². The minimum Gasteiger partial charge on any atom is -0.464 e. The highest BCUT2D eigenvalue weighted by atomic mass is 35.5. The SMILES string of the molecule is C/C=C1/NCc2c(Cl)ccc(Nc3c(N[C@@H](c4ccc(C)o4)C(C)(C)C)c(=O)c3=O)c21. The second kappa shape index (κ2) is 7.61. The summed E-state index contributed by atoms with van der Waals surface area (Å²) >= 11 is 6.37. The molecule has 0 fully saturated rings. The molecule has 0 unspecified atom stereocenters. The Bertz CT molecular complexity index is 1260. The van der Waals surface area contributed by atoms with Gasteiger partial charge in [-0.1, -0.05) is 38.4 Å². The molecule has 1 aromatic heterocycles. The van der Waals surface area contributed by atoms with E-state index in [0.29, 0.717) is 11.6 Å². The van der Waals surface area contributed by atoms with Gasteiger partial charge in [0.1, 0.15) is 22.9 Å². The molecule has 0 amide bonds. The lowest BCUT2D eigenvalue weighted by atomic mass is 9.85. The van der Waals surface area contributed by atoms with Gasteiger partial charge in [0, 0.05) is 34.1 Å². The topological polar surface area (TPSA) is 83.4 Å². The molecule has 1 atom stereocenters. The molecule has 0 aliphatic carbocycles. The van der Waals surface area contributed by atoms with Crippen LogP contribution in [0, 0.1) is 12.3 Å². The summed E-state index contributed by atoms with van der Waals surface area (Å²) in [5.41, 5.74) is 2.75. The third-order valence-corrected chi connectivity index (χ3v) is 5.99. The van der Waals surface area contributed by atoms with Crippen LogP contribution in [0.5, 0.6) is 0 Å². The molecule has 162 valence electrons. The number of fused-ring (bicyclic) bond motifs is 1. The van der Waals surface area contributed by atoms with Gasteiger partial charge >= 0.3 is 0 Å². The van der Waals surface area contributed by atoms with Crippen molar-refractivity contribution in [3.05, 3.63) is 78.5 Å². The fraction of sp³-hybridized carbons (Fsp3) is 0.333. The molecule has 0 spiro atoms. The molecule has 1 aliphatic rings. The molecule has 3 N–H and O–H groups in total. The average molecular weight is 440 g/mol. The number of nitrogens with one attached hydrogen (secondary N) is 3. The summed E-state index contributed by atoms with van der Waals surface area (Å²) in [6, 6.07) is 7.13. The Balaban J connectivity index is 1.72. The number of anilines is 3. The van der Waals surface area contributed by atoms with Crippen LogP contribution in [0.1, 0.15) is 56.4 Å². The Hall–Kier alpha value is -2.99. The highest BCUT2D eigenvalue weighted by Crippen LogP contribution is 2.40. The van der Waals surface area contributed by atoms with E-state index in [1.54, 1.807) is 6.07 Å². The van der Waals surface area contributed by atoms with E-state index in [-0.39, 0.29) is 22.8 Å². The van der Waals surface area contributed by atoms with E-state index in [4.69, 9.17) is 16.0 Å². The second-order valence-corrected chi connectivity index (χ2v) is 9.34. The van der Waals surface area contributed by atoms with Gasteiger partial charge in [-0.2, -0.15) is 0 Å². The van der Waals surface area contributed by atoms with Crippen LogP contribution in [0.3, 0.4) is 0 Å². The number of aryl methyl sites for hydroxylation is 1. The van der Waals surface area contributed by atoms with Crippen molar-refractivity contribution in [1.82, 2.24) is 5.32 Å². The van der Waals surface area contributed by atoms with Crippen molar-refractivity contribution >= 4 is 34.4 Å². The number of rotatable bonds is 5. The smallest absolute Gasteiger partial charge is 0.253 e. The van der Waals surface area contributed by atoms with E-state index in [0.717, 1.165) is 34.0 Å². The molecule has 2 heterocycles. The molecule has 1 aliphatic heterocycles. The minimum atomic E-state index is -0.539. The lowest BCUT2D eigenvalue weighted by molar-refractivity contribution is 0.300. The number of halogens is 1. The van der Waals surface area contributed by atoms with Gasteiger partial charge in [0.2, 0.25) is 0 Å². The highest BCUT2D eigenvalue weighted by Gasteiger charge is 2.33. The molecular formula is C24H26ClN3O3. The van der Waals surface area contributed by atoms with E-state index < -0.39 is 10.9 Å². The van der Waals surface area contributed by atoms with E-state index in [9.17, 15) is 9.59 Å². The first-order valence-corrected chi connectivity index (χ1v) is 10.6.